The monoisotopic (exact) mass is 252 g/mol. The Morgan fingerprint density at radius 3 is 2.44 bits per heavy atom. The number of hydrogen-bond acceptors (Lipinski definition) is 4. The number of hydrogen-bond donors (Lipinski definition) is 2. The van der Waals surface area contributed by atoms with Crippen molar-refractivity contribution in [2.24, 2.45) is 20.0 Å². The lowest BCUT2D eigenvalue weighted by Crippen LogP contribution is -2.40. The van der Waals surface area contributed by atoms with Crippen molar-refractivity contribution in [3.05, 3.63) is 20.8 Å². The second kappa shape index (κ2) is 4.88. The molecule has 100 valence electrons. The first kappa shape index (κ1) is 12.7. The minimum Gasteiger partial charge on any atom is -0.383 e. The predicted molar refractivity (Wildman–Crippen MR) is 71.8 cm³/mol. The number of nitrogens with two attached hydrogens (primary N) is 1. The van der Waals surface area contributed by atoms with Gasteiger partial charge in [-0.05, 0) is 18.8 Å². The molecule has 0 spiro atoms. The highest BCUT2D eigenvalue weighted by Gasteiger charge is 2.17. The summed E-state index contributed by atoms with van der Waals surface area (Å²) in [6, 6.07) is 0. The zero-order valence-electron chi connectivity index (χ0n) is 10.9. The molecule has 1 heterocycles. The smallest absolute Gasteiger partial charge is 0.332 e. The molecule has 0 atom stereocenters. The summed E-state index contributed by atoms with van der Waals surface area (Å²) in [6.45, 7) is 0.748. The topological polar surface area (TPSA) is 82.0 Å². The fourth-order valence-electron chi connectivity index (χ4n) is 2.49. The molecule has 0 aromatic carbocycles. The molecule has 0 radical (unpaired) electrons. The molecular formula is C12H20N4O2. The fourth-order valence-corrected chi connectivity index (χ4v) is 2.49. The highest BCUT2D eigenvalue weighted by Crippen LogP contribution is 2.25. The van der Waals surface area contributed by atoms with E-state index in [1.54, 1.807) is 7.05 Å². The molecule has 2 rings (SSSR count). The number of nitrogens with zero attached hydrogens (tertiary/aromatic N) is 2. The molecule has 0 bridgehead atoms. The van der Waals surface area contributed by atoms with Gasteiger partial charge in [0.15, 0.2) is 0 Å². The second-order valence-corrected chi connectivity index (χ2v) is 5.00. The first-order valence-electron chi connectivity index (χ1n) is 6.31. The lowest BCUT2D eigenvalue weighted by atomic mass is 10.1. The van der Waals surface area contributed by atoms with E-state index in [2.05, 4.69) is 5.32 Å². The largest absolute Gasteiger partial charge is 0.383 e. The van der Waals surface area contributed by atoms with Gasteiger partial charge in [-0.25, -0.2) is 4.79 Å². The molecule has 1 aliphatic rings. The van der Waals surface area contributed by atoms with Crippen LogP contribution in [0.25, 0.3) is 0 Å². The van der Waals surface area contributed by atoms with Crippen molar-refractivity contribution in [1.82, 2.24) is 9.13 Å². The van der Waals surface area contributed by atoms with Gasteiger partial charge in [0, 0.05) is 20.6 Å². The molecule has 1 aromatic rings. The molecule has 1 aliphatic carbocycles. The van der Waals surface area contributed by atoms with Gasteiger partial charge in [-0.1, -0.05) is 12.8 Å². The molecule has 6 nitrogen and oxygen atoms in total. The van der Waals surface area contributed by atoms with Gasteiger partial charge in [-0.3, -0.25) is 13.9 Å². The third-order valence-electron chi connectivity index (χ3n) is 3.75. The summed E-state index contributed by atoms with van der Waals surface area (Å²) in [5, 5.41) is 3.11. The zero-order valence-corrected chi connectivity index (χ0v) is 10.9. The van der Waals surface area contributed by atoms with E-state index in [0.717, 1.165) is 11.1 Å². The van der Waals surface area contributed by atoms with Gasteiger partial charge in [0.05, 0.1) is 0 Å². The second-order valence-electron chi connectivity index (χ2n) is 5.00. The highest BCUT2D eigenvalue weighted by atomic mass is 16.2. The van der Waals surface area contributed by atoms with Crippen LogP contribution in [-0.4, -0.2) is 15.7 Å². The van der Waals surface area contributed by atoms with Crippen molar-refractivity contribution in [1.29, 1.82) is 0 Å². The Balaban J connectivity index is 2.27. The maximum atomic E-state index is 12.0. The Morgan fingerprint density at radius 1 is 1.22 bits per heavy atom. The fraction of sp³-hybridized carbons (Fsp3) is 0.667. The summed E-state index contributed by atoms with van der Waals surface area (Å²) in [5.74, 6) is 0.812. The summed E-state index contributed by atoms with van der Waals surface area (Å²) in [7, 11) is 3.03. The van der Waals surface area contributed by atoms with Crippen molar-refractivity contribution < 1.29 is 0 Å². The van der Waals surface area contributed by atoms with Crippen molar-refractivity contribution >= 4 is 11.5 Å². The molecule has 0 saturated heterocycles. The highest BCUT2D eigenvalue weighted by molar-refractivity contribution is 5.60. The third kappa shape index (κ3) is 2.14. The first-order chi connectivity index (χ1) is 8.52. The Hall–Kier alpha value is -1.72. The van der Waals surface area contributed by atoms with Gasteiger partial charge in [0.2, 0.25) is 0 Å². The average molecular weight is 252 g/mol. The van der Waals surface area contributed by atoms with Crippen molar-refractivity contribution in [3.8, 4) is 0 Å². The Labute approximate surface area is 105 Å². The van der Waals surface area contributed by atoms with E-state index in [1.165, 1.54) is 37.3 Å². The number of nitrogens with one attached hydrogen (secondary N) is 1. The molecule has 6 heteroatoms. The molecule has 0 aliphatic heterocycles. The molecule has 3 N–H and O–H groups in total. The molecular weight excluding hydrogens is 232 g/mol. The summed E-state index contributed by atoms with van der Waals surface area (Å²) in [5.41, 5.74) is 5.41. The molecule has 1 saturated carbocycles. The maximum absolute atomic E-state index is 12.0. The standard InChI is InChI=1S/C12H20N4O2/c1-15-10(13)9(11(17)16(2)12(15)18)14-7-8-5-3-4-6-8/h8,14H,3-7,13H2,1-2H3. The van der Waals surface area contributed by atoms with Gasteiger partial charge in [0.25, 0.3) is 5.56 Å². The van der Waals surface area contributed by atoms with Gasteiger partial charge in [0.1, 0.15) is 11.5 Å². The van der Waals surface area contributed by atoms with E-state index in [9.17, 15) is 9.59 Å². The number of aromatic nitrogens is 2. The van der Waals surface area contributed by atoms with Crippen molar-refractivity contribution in [2.45, 2.75) is 25.7 Å². The van der Waals surface area contributed by atoms with E-state index in [1.807, 2.05) is 0 Å². The minimum atomic E-state index is -0.399. The van der Waals surface area contributed by atoms with E-state index in [-0.39, 0.29) is 11.4 Å². The van der Waals surface area contributed by atoms with Crippen LogP contribution in [0.1, 0.15) is 25.7 Å². The van der Waals surface area contributed by atoms with Gasteiger partial charge in [-0.2, -0.15) is 0 Å². The van der Waals surface area contributed by atoms with Crippen LogP contribution in [0, 0.1) is 5.92 Å². The van der Waals surface area contributed by atoms with Crippen LogP contribution in [0.3, 0.4) is 0 Å². The molecule has 0 unspecified atom stereocenters. The summed E-state index contributed by atoms with van der Waals surface area (Å²) in [6.07, 6.45) is 4.90. The molecule has 0 amide bonds. The van der Waals surface area contributed by atoms with Crippen LogP contribution in [0.15, 0.2) is 9.59 Å². The zero-order chi connectivity index (χ0) is 13.3. The normalized spacial score (nSPS) is 16.1. The average Bonchev–Trinajstić information content (AvgIpc) is 2.87. The SMILES string of the molecule is Cn1c(N)c(NCC2CCCC2)c(=O)n(C)c1=O. The number of rotatable bonds is 3. The minimum absolute atomic E-state index is 0.209. The van der Waals surface area contributed by atoms with Gasteiger partial charge >= 0.3 is 5.69 Å². The van der Waals surface area contributed by atoms with E-state index < -0.39 is 5.69 Å². The Bertz CT molecular complexity index is 552. The quantitative estimate of drug-likeness (QED) is 0.809. The number of nitrogen functional groups attached to an aromatic ring is 1. The molecule has 1 aromatic heterocycles. The molecule has 1 fully saturated rings. The lowest BCUT2D eigenvalue weighted by Gasteiger charge is -2.15. The summed E-state index contributed by atoms with van der Waals surface area (Å²) >= 11 is 0. The maximum Gasteiger partial charge on any atom is 0.332 e. The van der Waals surface area contributed by atoms with Crippen LogP contribution < -0.4 is 22.3 Å². The van der Waals surface area contributed by atoms with E-state index in [4.69, 9.17) is 5.73 Å². The summed E-state index contributed by atoms with van der Waals surface area (Å²) < 4.78 is 2.37. The van der Waals surface area contributed by atoms with Crippen LogP contribution in [0.4, 0.5) is 11.5 Å². The van der Waals surface area contributed by atoms with Crippen LogP contribution in [0.2, 0.25) is 0 Å². The molecule has 18 heavy (non-hydrogen) atoms. The van der Waals surface area contributed by atoms with Crippen molar-refractivity contribution in [2.75, 3.05) is 17.6 Å². The van der Waals surface area contributed by atoms with Crippen LogP contribution in [0.5, 0.6) is 0 Å². The van der Waals surface area contributed by atoms with E-state index in [0.29, 0.717) is 11.6 Å². The first-order valence-corrected chi connectivity index (χ1v) is 6.31. The predicted octanol–water partition coefficient (Wildman–Crippen LogP) is 0.268. The summed E-state index contributed by atoms with van der Waals surface area (Å²) in [4.78, 5) is 23.6. The Kier molecular flexibility index (Phi) is 3.45. The van der Waals surface area contributed by atoms with Gasteiger partial charge in [-0.15, -0.1) is 0 Å². The van der Waals surface area contributed by atoms with E-state index >= 15 is 0 Å². The van der Waals surface area contributed by atoms with Crippen molar-refractivity contribution in [3.63, 3.8) is 0 Å². The van der Waals surface area contributed by atoms with Gasteiger partial charge < -0.3 is 11.1 Å². The van der Waals surface area contributed by atoms with Crippen LogP contribution >= 0.6 is 0 Å². The third-order valence-corrected chi connectivity index (χ3v) is 3.75. The number of anilines is 2. The van der Waals surface area contributed by atoms with Crippen LogP contribution in [-0.2, 0) is 14.1 Å². The Morgan fingerprint density at radius 2 is 1.83 bits per heavy atom. The lowest BCUT2D eigenvalue weighted by molar-refractivity contribution is 0.578.